The van der Waals surface area contributed by atoms with E-state index in [9.17, 15) is 18.0 Å². The minimum atomic E-state index is -3.97. The molecule has 0 fully saturated rings. The molecule has 0 aromatic carbocycles. The zero-order valence-electron chi connectivity index (χ0n) is 11.2. The third-order valence-corrected chi connectivity index (χ3v) is 5.30. The van der Waals surface area contributed by atoms with Crippen molar-refractivity contribution >= 4 is 33.2 Å². The fourth-order valence-electron chi connectivity index (χ4n) is 1.09. The number of esters is 1. The van der Waals surface area contributed by atoms with E-state index in [0.29, 0.717) is 0 Å². The highest BCUT2D eigenvalue weighted by Crippen LogP contribution is 2.22. The second-order valence-electron chi connectivity index (χ2n) is 4.55. The molecule has 0 aliphatic heterocycles. The molecule has 1 aromatic rings. The molecule has 20 heavy (non-hydrogen) atoms. The van der Waals surface area contributed by atoms with Crippen molar-refractivity contribution in [1.29, 1.82) is 0 Å². The Morgan fingerprint density at radius 1 is 1.50 bits per heavy atom. The van der Waals surface area contributed by atoms with Gasteiger partial charge in [0.2, 0.25) is 5.91 Å². The first-order chi connectivity index (χ1) is 9.12. The zero-order chi connectivity index (χ0) is 15.6. The van der Waals surface area contributed by atoms with Crippen LogP contribution in [0.25, 0.3) is 0 Å². The molecule has 0 bridgehead atoms. The third-order valence-electron chi connectivity index (χ3n) is 2.53. The van der Waals surface area contributed by atoms with Crippen molar-refractivity contribution in [3.8, 4) is 0 Å². The van der Waals surface area contributed by atoms with E-state index in [1.165, 1.54) is 19.4 Å². The van der Waals surface area contributed by atoms with Gasteiger partial charge in [-0.25, -0.2) is 22.9 Å². The maximum atomic E-state index is 12.1. The van der Waals surface area contributed by atoms with E-state index in [1.807, 2.05) is 0 Å². The van der Waals surface area contributed by atoms with Crippen molar-refractivity contribution < 1.29 is 22.7 Å². The molecular weight excluding hydrogens is 306 g/mol. The highest BCUT2D eigenvalue weighted by molar-refractivity contribution is 7.91. The summed E-state index contributed by atoms with van der Waals surface area (Å²) in [6.45, 7) is 2.82. The number of rotatable bonds is 6. The number of nitrogens with two attached hydrogens (primary N) is 1. The van der Waals surface area contributed by atoms with Crippen LogP contribution in [0.3, 0.4) is 0 Å². The summed E-state index contributed by atoms with van der Waals surface area (Å²) in [5.74, 6) is -1.49. The molecule has 0 aliphatic carbocycles. The van der Waals surface area contributed by atoms with Crippen molar-refractivity contribution in [1.82, 2.24) is 9.71 Å². The van der Waals surface area contributed by atoms with E-state index in [1.54, 1.807) is 0 Å². The number of sulfonamides is 1. The van der Waals surface area contributed by atoms with Gasteiger partial charge in [0.25, 0.3) is 10.0 Å². The number of nitrogens with zero attached hydrogens (tertiary/aromatic N) is 1. The van der Waals surface area contributed by atoms with Crippen LogP contribution in [0.2, 0.25) is 0 Å². The summed E-state index contributed by atoms with van der Waals surface area (Å²) < 4.78 is 30.6. The Labute approximate surface area is 120 Å². The molecule has 1 aromatic heterocycles. The lowest BCUT2D eigenvalue weighted by atomic mass is 9.93. The van der Waals surface area contributed by atoms with Gasteiger partial charge in [-0.3, -0.25) is 4.79 Å². The number of amides is 1. The van der Waals surface area contributed by atoms with Crippen LogP contribution in [0.1, 0.15) is 24.3 Å². The largest absolute Gasteiger partial charge is 0.464 e. The Morgan fingerprint density at radius 2 is 2.10 bits per heavy atom. The van der Waals surface area contributed by atoms with Gasteiger partial charge in [0.1, 0.15) is 0 Å². The Bertz CT molecular complexity index is 621. The zero-order valence-corrected chi connectivity index (χ0v) is 12.8. The number of hydrogen-bond donors (Lipinski definition) is 2. The number of methoxy groups -OCH3 is 1. The molecule has 1 rings (SSSR count). The van der Waals surface area contributed by atoms with Crippen LogP contribution in [0, 0.1) is 5.41 Å². The molecule has 0 radical (unpaired) electrons. The number of aromatic nitrogens is 1. The Hall–Kier alpha value is -1.52. The summed E-state index contributed by atoms with van der Waals surface area (Å²) in [7, 11) is -2.85. The average molecular weight is 321 g/mol. The Kier molecular flexibility index (Phi) is 4.84. The number of thiazole rings is 1. The lowest BCUT2D eigenvalue weighted by molar-refractivity contribution is -0.125. The predicted molar refractivity (Wildman–Crippen MR) is 71.6 cm³/mol. The van der Waals surface area contributed by atoms with Crippen molar-refractivity contribution in [2.24, 2.45) is 11.1 Å². The molecule has 0 saturated heterocycles. The van der Waals surface area contributed by atoms with Crippen LogP contribution >= 0.6 is 11.3 Å². The molecule has 1 heterocycles. The lowest BCUT2D eigenvalue weighted by Crippen LogP contribution is -2.42. The van der Waals surface area contributed by atoms with Gasteiger partial charge < -0.3 is 10.5 Å². The van der Waals surface area contributed by atoms with Gasteiger partial charge in [-0.15, -0.1) is 11.3 Å². The quantitative estimate of drug-likeness (QED) is 0.693. The summed E-state index contributed by atoms with van der Waals surface area (Å²) in [6, 6.07) is 0. The molecule has 0 saturated carbocycles. The third kappa shape index (κ3) is 3.52. The maximum Gasteiger partial charge on any atom is 0.358 e. The van der Waals surface area contributed by atoms with E-state index in [-0.39, 0.29) is 16.4 Å². The summed E-state index contributed by atoms with van der Waals surface area (Å²) in [5, 5.41) is 0. The molecule has 0 atom stereocenters. The van der Waals surface area contributed by atoms with Crippen LogP contribution in [-0.2, 0) is 19.6 Å². The molecule has 10 heteroatoms. The molecule has 0 unspecified atom stereocenters. The molecule has 1 amide bonds. The highest BCUT2D eigenvalue weighted by atomic mass is 32.2. The van der Waals surface area contributed by atoms with Crippen LogP contribution in [0.4, 0.5) is 0 Å². The molecule has 3 N–H and O–H groups in total. The van der Waals surface area contributed by atoms with Gasteiger partial charge in [-0.1, -0.05) is 0 Å². The fraction of sp³-hybridized carbons (Fsp3) is 0.500. The number of carbonyl (C=O) groups excluding carboxylic acids is 2. The van der Waals surface area contributed by atoms with Crippen LogP contribution in [0.5, 0.6) is 0 Å². The number of primary amides is 1. The van der Waals surface area contributed by atoms with Crippen molar-refractivity contribution in [2.75, 3.05) is 13.7 Å². The fourth-order valence-corrected chi connectivity index (χ4v) is 3.47. The first-order valence-corrected chi connectivity index (χ1v) is 7.79. The van der Waals surface area contributed by atoms with Gasteiger partial charge in [-0.05, 0) is 13.8 Å². The summed E-state index contributed by atoms with van der Waals surface area (Å²) in [4.78, 5) is 26.2. The number of hydrogen-bond acceptors (Lipinski definition) is 7. The van der Waals surface area contributed by atoms with Crippen LogP contribution in [-0.4, -0.2) is 38.9 Å². The Balaban J connectivity index is 2.99. The number of nitrogens with one attached hydrogen (secondary N) is 1. The topological polar surface area (TPSA) is 128 Å². The van der Waals surface area contributed by atoms with Gasteiger partial charge in [-0.2, -0.15) is 0 Å². The van der Waals surface area contributed by atoms with Gasteiger partial charge in [0, 0.05) is 6.54 Å². The smallest absolute Gasteiger partial charge is 0.358 e. The SMILES string of the molecule is COC(=O)c1ncsc1S(=O)(=O)NCC(C)(C)C(N)=O. The minimum Gasteiger partial charge on any atom is -0.464 e. The van der Waals surface area contributed by atoms with Crippen LogP contribution < -0.4 is 10.5 Å². The average Bonchev–Trinajstić information content (AvgIpc) is 2.85. The van der Waals surface area contributed by atoms with Crippen molar-refractivity contribution in [3.63, 3.8) is 0 Å². The normalized spacial score (nSPS) is 12.2. The molecule has 0 aliphatic rings. The second kappa shape index (κ2) is 5.85. The van der Waals surface area contributed by atoms with E-state index < -0.39 is 27.3 Å². The van der Waals surface area contributed by atoms with Gasteiger partial charge in [0.15, 0.2) is 9.90 Å². The summed E-state index contributed by atoms with van der Waals surface area (Å²) in [6.07, 6.45) is 0. The first kappa shape index (κ1) is 16.5. The predicted octanol–water partition coefficient (Wildman–Crippen LogP) is -0.280. The summed E-state index contributed by atoms with van der Waals surface area (Å²) in [5.41, 5.74) is 5.04. The van der Waals surface area contributed by atoms with E-state index in [0.717, 1.165) is 18.4 Å². The maximum absolute atomic E-state index is 12.1. The standard InChI is InChI=1S/C10H15N3O5S2/c1-10(2,9(11)15)4-13-20(16,17)8-6(7(14)18-3)12-5-19-8/h5,13H,4H2,1-3H3,(H2,11,15). The monoisotopic (exact) mass is 321 g/mol. The van der Waals surface area contributed by atoms with E-state index in [2.05, 4.69) is 14.4 Å². The van der Waals surface area contributed by atoms with Gasteiger partial charge >= 0.3 is 5.97 Å². The van der Waals surface area contributed by atoms with Gasteiger partial charge in [0.05, 0.1) is 18.0 Å². The second-order valence-corrected chi connectivity index (χ2v) is 7.37. The van der Waals surface area contributed by atoms with E-state index >= 15 is 0 Å². The van der Waals surface area contributed by atoms with Crippen LogP contribution in [0.15, 0.2) is 9.72 Å². The first-order valence-electron chi connectivity index (χ1n) is 5.43. The molecule has 112 valence electrons. The molecule has 8 nitrogen and oxygen atoms in total. The van der Waals surface area contributed by atoms with Crippen molar-refractivity contribution in [3.05, 3.63) is 11.2 Å². The Morgan fingerprint density at radius 3 is 2.60 bits per heavy atom. The number of ether oxygens (including phenoxy) is 1. The number of carbonyl (C=O) groups is 2. The minimum absolute atomic E-state index is 0.191. The highest BCUT2D eigenvalue weighted by Gasteiger charge is 2.31. The van der Waals surface area contributed by atoms with Crippen molar-refractivity contribution in [2.45, 2.75) is 18.1 Å². The summed E-state index contributed by atoms with van der Waals surface area (Å²) >= 11 is 0.781. The van der Waals surface area contributed by atoms with E-state index in [4.69, 9.17) is 5.73 Å². The molecular formula is C10H15N3O5S2. The lowest BCUT2D eigenvalue weighted by Gasteiger charge is -2.20. The molecule has 0 spiro atoms.